The number of fused-ring (bicyclic) bond motifs is 1. The minimum absolute atomic E-state index is 0.121. The van der Waals surface area contributed by atoms with Crippen LogP contribution in [0, 0.1) is 0 Å². The fourth-order valence-corrected chi connectivity index (χ4v) is 5.70. The fourth-order valence-electron chi connectivity index (χ4n) is 5.70. The molecule has 5 rings (SSSR count). The van der Waals surface area contributed by atoms with E-state index in [0.717, 1.165) is 49.6 Å². The molecule has 4 aliphatic heterocycles. The summed E-state index contributed by atoms with van der Waals surface area (Å²) in [5, 5.41) is 5.66. The van der Waals surface area contributed by atoms with E-state index in [0.29, 0.717) is 23.2 Å². The lowest BCUT2D eigenvalue weighted by Gasteiger charge is -2.42. The molecule has 3 saturated heterocycles. The van der Waals surface area contributed by atoms with Gasteiger partial charge in [-0.1, -0.05) is 0 Å². The third-order valence-corrected chi connectivity index (χ3v) is 7.71. The number of benzene rings is 1. The summed E-state index contributed by atoms with van der Waals surface area (Å²) in [5.41, 5.74) is 1.60. The first kappa shape index (κ1) is 22.0. The number of carbonyl (C=O) groups excluding carboxylic acids is 4. The largest absolute Gasteiger partial charge is 0.371 e. The smallest absolute Gasteiger partial charge is 0.262 e. The molecular formula is C24H31N5O4. The number of hydrogen-bond acceptors (Lipinski definition) is 7. The molecule has 3 fully saturated rings. The highest BCUT2D eigenvalue weighted by Gasteiger charge is 2.44. The number of amides is 4. The second-order valence-corrected chi connectivity index (χ2v) is 9.54. The molecule has 4 aliphatic rings. The molecule has 0 saturated carbocycles. The van der Waals surface area contributed by atoms with E-state index in [4.69, 9.17) is 0 Å². The Morgan fingerprint density at radius 3 is 2.24 bits per heavy atom. The maximum absolute atomic E-state index is 13.1. The van der Waals surface area contributed by atoms with Crippen molar-refractivity contribution in [1.82, 2.24) is 20.4 Å². The lowest BCUT2D eigenvalue weighted by atomic mass is 9.97. The van der Waals surface area contributed by atoms with E-state index in [1.165, 1.54) is 12.8 Å². The quantitative estimate of drug-likeness (QED) is 0.649. The van der Waals surface area contributed by atoms with Crippen LogP contribution in [0.15, 0.2) is 18.2 Å². The molecule has 1 aromatic rings. The summed E-state index contributed by atoms with van der Waals surface area (Å²) in [4.78, 5) is 55.6. The molecule has 4 amide bonds. The highest BCUT2D eigenvalue weighted by molar-refractivity contribution is 6.23. The van der Waals surface area contributed by atoms with Crippen LogP contribution in [-0.2, 0) is 9.59 Å². The van der Waals surface area contributed by atoms with E-state index in [1.54, 1.807) is 12.1 Å². The van der Waals surface area contributed by atoms with Crippen LogP contribution in [0.5, 0.6) is 0 Å². The van der Waals surface area contributed by atoms with Crippen LogP contribution < -0.4 is 15.5 Å². The Morgan fingerprint density at radius 2 is 1.55 bits per heavy atom. The van der Waals surface area contributed by atoms with Gasteiger partial charge < -0.3 is 15.1 Å². The Hall–Kier alpha value is -2.78. The van der Waals surface area contributed by atoms with Gasteiger partial charge in [0, 0.05) is 37.3 Å². The predicted octanol–water partition coefficient (Wildman–Crippen LogP) is 0.740. The average molecular weight is 454 g/mol. The summed E-state index contributed by atoms with van der Waals surface area (Å²) < 4.78 is 0. The van der Waals surface area contributed by atoms with Crippen LogP contribution in [0.25, 0.3) is 0 Å². The van der Waals surface area contributed by atoms with Gasteiger partial charge in [-0.15, -0.1) is 0 Å². The Labute approximate surface area is 193 Å². The molecule has 0 radical (unpaired) electrons. The summed E-state index contributed by atoms with van der Waals surface area (Å²) in [6.45, 7) is 3.98. The summed E-state index contributed by atoms with van der Waals surface area (Å²) in [6.07, 6.45) is 4.80. The predicted molar refractivity (Wildman–Crippen MR) is 122 cm³/mol. The molecule has 176 valence electrons. The van der Waals surface area contributed by atoms with Gasteiger partial charge >= 0.3 is 0 Å². The van der Waals surface area contributed by atoms with E-state index in [-0.39, 0.29) is 18.7 Å². The monoisotopic (exact) mass is 453 g/mol. The zero-order valence-electron chi connectivity index (χ0n) is 19.0. The molecular weight excluding hydrogens is 422 g/mol. The molecule has 9 nitrogen and oxygen atoms in total. The van der Waals surface area contributed by atoms with Crippen molar-refractivity contribution in [1.29, 1.82) is 0 Å². The summed E-state index contributed by atoms with van der Waals surface area (Å²) in [7, 11) is 2.25. The van der Waals surface area contributed by atoms with Gasteiger partial charge in [0.2, 0.25) is 11.8 Å². The molecule has 33 heavy (non-hydrogen) atoms. The number of anilines is 1. The molecule has 9 heteroatoms. The molecule has 0 spiro atoms. The second-order valence-electron chi connectivity index (χ2n) is 9.54. The molecule has 4 heterocycles. The van der Waals surface area contributed by atoms with Crippen molar-refractivity contribution in [3.63, 3.8) is 0 Å². The minimum atomic E-state index is -0.931. The van der Waals surface area contributed by atoms with Crippen LogP contribution in [-0.4, -0.2) is 84.8 Å². The standard InChI is InChI=1S/C24H31N5O4/c1-27(15-6-10-25-11-7-15)16-8-12-28(13-9-16)17-2-3-18-19(14-17)24(33)29(23(18)32)20-4-5-21(30)26-22(20)31/h2-3,14-16,20,25H,4-13H2,1H3,(H,26,30,31). The third-order valence-electron chi connectivity index (χ3n) is 7.71. The van der Waals surface area contributed by atoms with Crippen LogP contribution >= 0.6 is 0 Å². The van der Waals surface area contributed by atoms with Crippen LogP contribution in [0.3, 0.4) is 0 Å². The number of piperidine rings is 3. The van der Waals surface area contributed by atoms with Crippen molar-refractivity contribution in [2.24, 2.45) is 0 Å². The van der Waals surface area contributed by atoms with Gasteiger partial charge in [0.05, 0.1) is 11.1 Å². The topological polar surface area (TPSA) is 102 Å². The van der Waals surface area contributed by atoms with Gasteiger partial charge in [-0.25, -0.2) is 0 Å². The van der Waals surface area contributed by atoms with Crippen molar-refractivity contribution >= 4 is 29.3 Å². The Balaban J connectivity index is 1.26. The SMILES string of the molecule is CN(C1CCNCC1)C1CCN(c2ccc3c(c2)C(=O)N(C2CCC(=O)NC2=O)C3=O)CC1. The number of nitrogens with one attached hydrogen (secondary N) is 2. The van der Waals surface area contributed by atoms with Crippen molar-refractivity contribution in [3.8, 4) is 0 Å². The summed E-state index contributed by atoms with van der Waals surface area (Å²) >= 11 is 0. The van der Waals surface area contributed by atoms with Crippen molar-refractivity contribution < 1.29 is 19.2 Å². The highest BCUT2D eigenvalue weighted by atomic mass is 16.2. The minimum Gasteiger partial charge on any atom is -0.371 e. The van der Waals surface area contributed by atoms with E-state index in [1.807, 2.05) is 6.07 Å². The summed E-state index contributed by atoms with van der Waals surface area (Å²) in [6, 6.07) is 5.66. The molecule has 1 unspecified atom stereocenters. The summed E-state index contributed by atoms with van der Waals surface area (Å²) in [5.74, 6) is -1.87. The first-order chi connectivity index (χ1) is 15.9. The molecule has 0 aromatic heterocycles. The Kier molecular flexibility index (Phi) is 5.92. The molecule has 2 N–H and O–H groups in total. The lowest BCUT2D eigenvalue weighted by molar-refractivity contribution is -0.136. The third kappa shape index (κ3) is 4.04. The second kappa shape index (κ2) is 8.87. The van der Waals surface area contributed by atoms with Gasteiger partial charge in [-0.05, 0) is 70.4 Å². The number of nitrogens with zero attached hydrogens (tertiary/aromatic N) is 3. The lowest BCUT2D eigenvalue weighted by Crippen LogP contribution is -2.54. The van der Waals surface area contributed by atoms with E-state index >= 15 is 0 Å². The molecule has 1 atom stereocenters. The zero-order valence-corrected chi connectivity index (χ0v) is 19.0. The maximum atomic E-state index is 13.1. The fraction of sp³-hybridized carbons (Fsp3) is 0.583. The maximum Gasteiger partial charge on any atom is 0.262 e. The van der Waals surface area contributed by atoms with Gasteiger partial charge in [0.1, 0.15) is 6.04 Å². The first-order valence-electron chi connectivity index (χ1n) is 12.0. The van der Waals surface area contributed by atoms with Crippen molar-refractivity contribution in [2.75, 3.05) is 38.1 Å². The number of carbonyl (C=O) groups is 4. The van der Waals surface area contributed by atoms with Crippen LogP contribution in [0.2, 0.25) is 0 Å². The van der Waals surface area contributed by atoms with Gasteiger partial charge in [0.15, 0.2) is 0 Å². The number of hydrogen-bond donors (Lipinski definition) is 2. The molecule has 1 aromatic carbocycles. The van der Waals surface area contributed by atoms with Gasteiger partial charge in [-0.3, -0.25) is 29.4 Å². The Morgan fingerprint density at radius 1 is 0.879 bits per heavy atom. The van der Waals surface area contributed by atoms with Crippen LogP contribution in [0.4, 0.5) is 5.69 Å². The van der Waals surface area contributed by atoms with Crippen LogP contribution in [0.1, 0.15) is 59.2 Å². The number of rotatable bonds is 4. The normalized spacial score (nSPS) is 25.1. The molecule has 0 bridgehead atoms. The highest BCUT2D eigenvalue weighted by Crippen LogP contribution is 2.32. The van der Waals surface area contributed by atoms with Crippen molar-refractivity contribution in [2.45, 2.75) is 56.7 Å². The van der Waals surface area contributed by atoms with Gasteiger partial charge in [0.25, 0.3) is 11.8 Å². The first-order valence-corrected chi connectivity index (χ1v) is 12.0. The van der Waals surface area contributed by atoms with Gasteiger partial charge in [-0.2, -0.15) is 0 Å². The van der Waals surface area contributed by atoms with Crippen molar-refractivity contribution in [3.05, 3.63) is 29.3 Å². The zero-order chi connectivity index (χ0) is 23.1. The average Bonchev–Trinajstić information content (AvgIpc) is 3.09. The molecule has 0 aliphatic carbocycles. The van der Waals surface area contributed by atoms with E-state index in [9.17, 15) is 19.2 Å². The number of imide groups is 2. The Bertz CT molecular complexity index is 981. The van der Waals surface area contributed by atoms with E-state index in [2.05, 4.69) is 27.5 Å². The van der Waals surface area contributed by atoms with E-state index < -0.39 is 23.8 Å².